The van der Waals surface area contributed by atoms with Crippen molar-refractivity contribution in [2.24, 2.45) is 0 Å². The zero-order chi connectivity index (χ0) is 27.2. The van der Waals surface area contributed by atoms with Crippen LogP contribution < -0.4 is 10.9 Å². The summed E-state index contributed by atoms with van der Waals surface area (Å²) in [5.74, 6) is 0. The molecule has 2 N–H and O–H groups in total. The lowest BCUT2D eigenvalue weighted by atomic mass is 10.1. The summed E-state index contributed by atoms with van der Waals surface area (Å²) in [5, 5.41) is 13.8. The van der Waals surface area contributed by atoms with E-state index >= 15 is 0 Å². The summed E-state index contributed by atoms with van der Waals surface area (Å²) in [7, 11) is -4.03. The lowest BCUT2D eigenvalue weighted by Crippen LogP contribution is -2.51. The van der Waals surface area contributed by atoms with Crippen molar-refractivity contribution in [2.45, 2.75) is 43.9 Å². The van der Waals surface area contributed by atoms with E-state index in [4.69, 9.17) is 0 Å². The molecule has 1 aliphatic heterocycles. The minimum atomic E-state index is -4.03. The van der Waals surface area contributed by atoms with Crippen LogP contribution in [0.4, 0.5) is 0 Å². The molecule has 3 aromatic rings. The van der Waals surface area contributed by atoms with E-state index in [1.807, 2.05) is 26.8 Å². The molecule has 1 aliphatic rings. The maximum atomic E-state index is 13.2. The predicted octanol–water partition coefficient (Wildman–Crippen LogP) is 2.73. The van der Waals surface area contributed by atoms with E-state index in [0.717, 1.165) is 27.1 Å². The van der Waals surface area contributed by atoms with E-state index in [0.29, 0.717) is 30.3 Å². The zero-order valence-corrected chi connectivity index (χ0v) is 23.5. The highest BCUT2D eigenvalue weighted by Crippen LogP contribution is 2.24. The monoisotopic (exact) mass is 593 g/mol. The molecular formula is C26H32BrN3O6S. The first-order chi connectivity index (χ1) is 17.5. The molecule has 200 valence electrons. The molecule has 1 aromatic heterocycles. The van der Waals surface area contributed by atoms with Crippen LogP contribution in [0.1, 0.15) is 26.3 Å². The number of hydrogen-bond acceptors (Lipinski definition) is 8. The fraction of sp³-hybridized carbons (Fsp3) is 0.385. The van der Waals surface area contributed by atoms with Crippen molar-refractivity contribution < 1.29 is 23.1 Å². The SMILES string of the molecule is CC(C)(C)OC=O.O=c1c2ccc(Br)cc2c(CN2CCN[C@@H](CO)C2)cn1S(=O)(=O)c1ccccc1. The van der Waals surface area contributed by atoms with Crippen molar-refractivity contribution in [1.29, 1.82) is 0 Å². The second-order valence-corrected chi connectivity index (χ2v) is 12.4. The van der Waals surface area contributed by atoms with Gasteiger partial charge in [-0.15, -0.1) is 0 Å². The number of carbonyl (C=O) groups is 1. The number of piperazine rings is 1. The number of aliphatic hydroxyl groups excluding tert-OH is 1. The minimum Gasteiger partial charge on any atom is -0.462 e. The fourth-order valence-electron chi connectivity index (χ4n) is 3.91. The van der Waals surface area contributed by atoms with Crippen molar-refractivity contribution in [1.82, 2.24) is 14.2 Å². The van der Waals surface area contributed by atoms with Gasteiger partial charge in [0.25, 0.3) is 22.1 Å². The van der Waals surface area contributed by atoms with Gasteiger partial charge in [0.1, 0.15) is 5.60 Å². The van der Waals surface area contributed by atoms with Crippen molar-refractivity contribution >= 4 is 43.2 Å². The lowest BCUT2D eigenvalue weighted by Gasteiger charge is -2.33. The van der Waals surface area contributed by atoms with E-state index in [2.05, 4.69) is 30.9 Å². The van der Waals surface area contributed by atoms with Crippen LogP contribution in [0.25, 0.3) is 10.8 Å². The van der Waals surface area contributed by atoms with Gasteiger partial charge in [0.15, 0.2) is 0 Å². The molecule has 2 heterocycles. The van der Waals surface area contributed by atoms with Crippen LogP contribution in [0.5, 0.6) is 0 Å². The van der Waals surface area contributed by atoms with Gasteiger partial charge in [-0.1, -0.05) is 34.1 Å². The van der Waals surface area contributed by atoms with Gasteiger partial charge in [0, 0.05) is 48.3 Å². The molecule has 1 fully saturated rings. The van der Waals surface area contributed by atoms with Crippen LogP contribution in [0.3, 0.4) is 0 Å². The van der Waals surface area contributed by atoms with Crippen LogP contribution in [0, 0.1) is 0 Å². The summed E-state index contributed by atoms with van der Waals surface area (Å²) >= 11 is 3.45. The smallest absolute Gasteiger partial charge is 0.293 e. The number of fused-ring (bicyclic) bond motifs is 1. The number of hydrogen-bond donors (Lipinski definition) is 2. The first-order valence-corrected chi connectivity index (χ1v) is 14.0. The van der Waals surface area contributed by atoms with Gasteiger partial charge in [0.2, 0.25) is 0 Å². The van der Waals surface area contributed by atoms with E-state index in [9.17, 15) is 23.1 Å². The Labute approximate surface area is 225 Å². The standard InChI is InChI=1S/C21H22BrN3O4S.C5H10O2/c22-16-6-7-19-20(10-16)15(11-24-9-8-23-17(13-24)14-26)12-25(21(19)27)30(28,29)18-4-2-1-3-5-18;1-5(2,3)7-4-6/h1-7,10,12,17,23,26H,8-9,11,13-14H2;4H,1-3H3/t17-;/m1./s1. The summed E-state index contributed by atoms with van der Waals surface area (Å²) in [5.41, 5.74) is -0.149. The number of pyridine rings is 1. The fourth-order valence-corrected chi connectivity index (χ4v) is 5.59. The Morgan fingerprint density at radius 1 is 1.16 bits per heavy atom. The predicted molar refractivity (Wildman–Crippen MR) is 146 cm³/mol. The van der Waals surface area contributed by atoms with E-state index in [1.54, 1.807) is 30.3 Å². The highest BCUT2D eigenvalue weighted by molar-refractivity contribution is 9.10. The minimum absolute atomic E-state index is 0.0318. The number of ether oxygens (including phenoxy) is 1. The Kier molecular flexibility index (Phi) is 9.65. The van der Waals surface area contributed by atoms with Crippen molar-refractivity contribution in [3.8, 4) is 0 Å². The average Bonchev–Trinajstić information content (AvgIpc) is 2.86. The second-order valence-electron chi connectivity index (χ2n) is 9.66. The lowest BCUT2D eigenvalue weighted by molar-refractivity contribution is -0.138. The highest BCUT2D eigenvalue weighted by atomic mass is 79.9. The van der Waals surface area contributed by atoms with Crippen molar-refractivity contribution in [3.05, 3.63) is 75.1 Å². The average molecular weight is 595 g/mol. The van der Waals surface area contributed by atoms with Gasteiger partial charge in [-0.2, -0.15) is 0 Å². The molecule has 0 spiro atoms. The molecule has 0 aliphatic carbocycles. The largest absolute Gasteiger partial charge is 0.462 e. The summed E-state index contributed by atoms with van der Waals surface area (Å²) in [4.78, 5) is 24.9. The van der Waals surface area contributed by atoms with Gasteiger partial charge in [-0.3, -0.25) is 14.5 Å². The number of halogens is 1. The maximum absolute atomic E-state index is 13.2. The molecule has 0 bridgehead atoms. The first kappa shape index (κ1) is 29.0. The zero-order valence-electron chi connectivity index (χ0n) is 21.1. The number of aromatic nitrogens is 1. The molecule has 37 heavy (non-hydrogen) atoms. The summed E-state index contributed by atoms with van der Waals surface area (Å²) < 4.78 is 32.6. The third-order valence-electron chi connectivity index (χ3n) is 5.69. The van der Waals surface area contributed by atoms with E-state index in [-0.39, 0.29) is 23.1 Å². The molecule has 0 amide bonds. The summed E-state index contributed by atoms with van der Waals surface area (Å²) in [6.45, 7) is 8.55. The molecule has 0 saturated carbocycles. The Bertz CT molecular complexity index is 1390. The highest BCUT2D eigenvalue weighted by Gasteiger charge is 2.24. The quantitative estimate of drug-likeness (QED) is 0.419. The topological polar surface area (TPSA) is 118 Å². The van der Waals surface area contributed by atoms with Crippen molar-refractivity contribution in [2.75, 3.05) is 26.2 Å². The van der Waals surface area contributed by atoms with Crippen LogP contribution in [-0.4, -0.2) is 66.8 Å². The summed E-state index contributed by atoms with van der Waals surface area (Å²) in [6.07, 6.45) is 1.44. The molecule has 11 heteroatoms. The molecular weight excluding hydrogens is 562 g/mol. The number of nitrogens with zero attached hydrogens (tertiary/aromatic N) is 2. The first-order valence-electron chi connectivity index (χ1n) is 11.8. The number of benzene rings is 2. The second kappa shape index (κ2) is 12.3. The Hall–Kier alpha value is -2.57. The molecule has 9 nitrogen and oxygen atoms in total. The van der Waals surface area contributed by atoms with Gasteiger partial charge in [-0.05, 0) is 62.1 Å². The normalized spacial score (nSPS) is 16.6. The Morgan fingerprint density at radius 2 is 1.86 bits per heavy atom. The number of nitrogens with one attached hydrogen (secondary N) is 1. The van der Waals surface area contributed by atoms with Gasteiger partial charge in [-0.25, -0.2) is 12.4 Å². The maximum Gasteiger partial charge on any atom is 0.293 e. The van der Waals surface area contributed by atoms with E-state index < -0.39 is 15.6 Å². The van der Waals surface area contributed by atoms with Gasteiger partial charge in [0.05, 0.1) is 11.5 Å². The van der Waals surface area contributed by atoms with Crippen LogP contribution >= 0.6 is 15.9 Å². The molecule has 1 saturated heterocycles. The third kappa shape index (κ3) is 7.48. The van der Waals surface area contributed by atoms with E-state index in [1.165, 1.54) is 18.3 Å². The molecule has 0 unspecified atom stereocenters. The molecule has 1 atom stereocenters. The summed E-state index contributed by atoms with van der Waals surface area (Å²) in [6, 6.07) is 13.2. The Morgan fingerprint density at radius 3 is 2.46 bits per heavy atom. The van der Waals surface area contributed by atoms with Gasteiger partial charge >= 0.3 is 0 Å². The van der Waals surface area contributed by atoms with Crippen molar-refractivity contribution in [3.63, 3.8) is 0 Å². The van der Waals surface area contributed by atoms with Gasteiger partial charge < -0.3 is 15.2 Å². The molecule has 0 radical (unpaired) electrons. The number of rotatable bonds is 6. The van der Waals surface area contributed by atoms with Crippen LogP contribution in [-0.2, 0) is 26.1 Å². The third-order valence-corrected chi connectivity index (χ3v) is 7.84. The molecule has 2 aromatic carbocycles. The Balaban J connectivity index is 0.000000479. The molecule has 4 rings (SSSR count). The number of aliphatic hydroxyl groups is 1. The van der Waals surface area contributed by atoms with Crippen LogP contribution in [0.2, 0.25) is 0 Å². The van der Waals surface area contributed by atoms with Crippen LogP contribution in [0.15, 0.2) is 68.9 Å². The number of carbonyl (C=O) groups excluding carboxylic acids is 1.